The molecule has 0 spiro atoms. The van der Waals surface area contributed by atoms with Crippen LogP contribution < -0.4 is 20.9 Å². The summed E-state index contributed by atoms with van der Waals surface area (Å²) in [5.74, 6) is -0.0643. The van der Waals surface area contributed by atoms with Crippen molar-refractivity contribution in [2.75, 3.05) is 18.5 Å². The highest BCUT2D eigenvalue weighted by atomic mass is 16.5. The molecule has 6 rings (SSSR count). The predicted molar refractivity (Wildman–Crippen MR) is 204 cm³/mol. The zero-order valence-corrected chi connectivity index (χ0v) is 28.8. The van der Waals surface area contributed by atoms with Gasteiger partial charge in [0.2, 0.25) is 5.91 Å². The van der Waals surface area contributed by atoms with Gasteiger partial charge in [0, 0.05) is 48.2 Å². The minimum absolute atomic E-state index is 0.0881. The number of ether oxygens (including phenoxy) is 1. The number of fused-ring (bicyclic) bond motifs is 1. The molecule has 4 N–H and O–H groups in total. The lowest BCUT2D eigenvalue weighted by molar-refractivity contribution is -0.124. The van der Waals surface area contributed by atoms with Crippen LogP contribution >= 0.6 is 0 Å². The maximum atomic E-state index is 13.7. The van der Waals surface area contributed by atoms with E-state index in [4.69, 9.17) is 9.94 Å². The molecule has 0 fully saturated rings. The molecule has 0 aliphatic heterocycles. The number of anilines is 1. The Morgan fingerprint density at radius 2 is 1.53 bits per heavy atom. The number of carbonyl (C=O) groups excluding carboxylic acids is 3. The van der Waals surface area contributed by atoms with Crippen LogP contribution in [0, 0.1) is 0 Å². The lowest BCUT2D eigenvalue weighted by atomic mass is 10.1. The van der Waals surface area contributed by atoms with E-state index < -0.39 is 5.91 Å². The number of nitrogens with zero attached hydrogens (tertiary/aromatic N) is 3. The van der Waals surface area contributed by atoms with Gasteiger partial charge in [0.25, 0.3) is 5.91 Å². The van der Waals surface area contributed by atoms with Gasteiger partial charge >= 0.3 is 6.03 Å². The van der Waals surface area contributed by atoms with E-state index in [1.807, 2.05) is 115 Å². The number of hydrogen-bond donors (Lipinski definition) is 4. The topological polar surface area (TPSA) is 146 Å². The molecular formula is C42H38N6O5. The molecule has 0 radical (unpaired) electrons. The number of urea groups is 1. The molecule has 0 atom stereocenters. The minimum Gasteiger partial charge on any atom is -0.492 e. The van der Waals surface area contributed by atoms with Crippen LogP contribution in [-0.4, -0.2) is 51.1 Å². The number of aromatic nitrogens is 2. The van der Waals surface area contributed by atoms with Crippen molar-refractivity contribution in [2.24, 2.45) is 0 Å². The van der Waals surface area contributed by atoms with E-state index in [9.17, 15) is 14.4 Å². The predicted octanol–water partition coefficient (Wildman–Crippen LogP) is 6.79. The number of carbonyl (C=O) groups is 3. The second kappa shape index (κ2) is 17.9. The molecule has 2 aromatic heterocycles. The molecule has 11 nitrogen and oxygen atoms in total. The summed E-state index contributed by atoms with van der Waals surface area (Å²) in [6.07, 6.45) is 6.42. The number of benzene rings is 4. The van der Waals surface area contributed by atoms with Crippen molar-refractivity contribution in [3.63, 3.8) is 0 Å². The molecule has 266 valence electrons. The number of hydroxylamine groups is 1. The molecule has 53 heavy (non-hydrogen) atoms. The van der Waals surface area contributed by atoms with Gasteiger partial charge in [-0.3, -0.25) is 24.8 Å². The van der Waals surface area contributed by atoms with E-state index in [0.717, 1.165) is 38.7 Å². The van der Waals surface area contributed by atoms with Gasteiger partial charge in [0.05, 0.1) is 24.2 Å². The van der Waals surface area contributed by atoms with E-state index in [2.05, 4.69) is 20.6 Å². The SMILES string of the molecule is O=C(/C=C/c1ccc(CN(CCOc2ccc(-c3ccc(CC(=O)NCc4ccccc4)nc3)cc2)C(=O)Nc2ccnc3ccccc23)cc1)NO. The molecule has 0 bridgehead atoms. The summed E-state index contributed by atoms with van der Waals surface area (Å²) >= 11 is 0. The third-order valence-corrected chi connectivity index (χ3v) is 8.38. The Morgan fingerprint density at radius 1 is 0.774 bits per heavy atom. The van der Waals surface area contributed by atoms with Gasteiger partial charge in [-0.15, -0.1) is 0 Å². The first-order chi connectivity index (χ1) is 25.9. The van der Waals surface area contributed by atoms with Crippen molar-refractivity contribution in [3.05, 3.63) is 162 Å². The van der Waals surface area contributed by atoms with Crippen LogP contribution in [0.3, 0.4) is 0 Å². The first-order valence-electron chi connectivity index (χ1n) is 17.0. The largest absolute Gasteiger partial charge is 0.492 e. The van der Waals surface area contributed by atoms with Crippen LogP contribution in [0.4, 0.5) is 10.5 Å². The Kier molecular flexibility index (Phi) is 12.1. The molecule has 4 aromatic carbocycles. The molecule has 11 heteroatoms. The Morgan fingerprint density at radius 3 is 2.28 bits per heavy atom. The summed E-state index contributed by atoms with van der Waals surface area (Å²) in [5.41, 5.74) is 8.21. The molecule has 2 heterocycles. The number of pyridine rings is 2. The highest BCUT2D eigenvalue weighted by Gasteiger charge is 2.16. The van der Waals surface area contributed by atoms with Crippen LogP contribution in [0.1, 0.15) is 22.4 Å². The fourth-order valence-electron chi connectivity index (χ4n) is 5.56. The van der Waals surface area contributed by atoms with Crippen molar-refractivity contribution in [1.29, 1.82) is 0 Å². The lowest BCUT2D eigenvalue weighted by Gasteiger charge is -2.24. The monoisotopic (exact) mass is 706 g/mol. The third-order valence-electron chi connectivity index (χ3n) is 8.38. The number of nitrogens with one attached hydrogen (secondary N) is 3. The third kappa shape index (κ3) is 10.3. The highest BCUT2D eigenvalue weighted by Crippen LogP contribution is 2.24. The van der Waals surface area contributed by atoms with Crippen LogP contribution in [-0.2, 0) is 29.1 Å². The van der Waals surface area contributed by atoms with Crippen LogP contribution in [0.5, 0.6) is 5.75 Å². The summed E-state index contributed by atoms with van der Waals surface area (Å²) < 4.78 is 6.08. The van der Waals surface area contributed by atoms with E-state index in [1.165, 1.54) is 6.08 Å². The average Bonchev–Trinajstić information content (AvgIpc) is 3.20. The van der Waals surface area contributed by atoms with Gasteiger partial charge in [0.15, 0.2) is 0 Å². The molecule has 6 aromatic rings. The summed E-state index contributed by atoms with van der Waals surface area (Å²) in [4.78, 5) is 48.0. The first-order valence-corrected chi connectivity index (χ1v) is 17.0. The van der Waals surface area contributed by atoms with Crippen molar-refractivity contribution >= 4 is 40.5 Å². The molecule has 0 aliphatic rings. The smallest absolute Gasteiger partial charge is 0.322 e. The van der Waals surface area contributed by atoms with Crippen molar-refractivity contribution < 1.29 is 24.3 Å². The number of amides is 4. The van der Waals surface area contributed by atoms with Gasteiger partial charge < -0.3 is 20.3 Å². The van der Waals surface area contributed by atoms with Crippen molar-refractivity contribution in [1.82, 2.24) is 25.7 Å². The fraction of sp³-hybridized carbons (Fsp3) is 0.119. The molecule has 0 aliphatic carbocycles. The summed E-state index contributed by atoms with van der Waals surface area (Å²) in [5, 5.41) is 15.5. The summed E-state index contributed by atoms with van der Waals surface area (Å²) in [6.45, 7) is 1.31. The Labute approximate surface area is 306 Å². The van der Waals surface area contributed by atoms with Crippen molar-refractivity contribution in [2.45, 2.75) is 19.5 Å². The maximum Gasteiger partial charge on any atom is 0.322 e. The van der Waals surface area contributed by atoms with E-state index in [-0.39, 0.29) is 25.0 Å². The van der Waals surface area contributed by atoms with Gasteiger partial charge in [0.1, 0.15) is 12.4 Å². The number of hydrogen-bond acceptors (Lipinski definition) is 7. The Bertz CT molecular complexity index is 2170. The molecule has 0 saturated carbocycles. The van der Waals surface area contributed by atoms with E-state index in [1.54, 1.807) is 34.9 Å². The molecular weight excluding hydrogens is 668 g/mol. The van der Waals surface area contributed by atoms with Gasteiger partial charge in [-0.25, -0.2) is 10.3 Å². The molecule has 0 saturated heterocycles. The average molecular weight is 707 g/mol. The second-order valence-corrected chi connectivity index (χ2v) is 12.1. The number of para-hydroxylation sites is 1. The molecule has 4 amide bonds. The zero-order chi connectivity index (χ0) is 36.8. The summed E-state index contributed by atoms with van der Waals surface area (Å²) in [6, 6.07) is 37.7. The Hall–Kier alpha value is -6.85. The van der Waals surface area contributed by atoms with Gasteiger partial charge in [-0.2, -0.15) is 0 Å². The van der Waals surface area contributed by atoms with Crippen LogP contribution in [0.15, 0.2) is 140 Å². The van der Waals surface area contributed by atoms with Gasteiger partial charge in [-0.05, 0) is 58.7 Å². The lowest BCUT2D eigenvalue weighted by Crippen LogP contribution is -2.37. The normalized spacial score (nSPS) is 10.9. The van der Waals surface area contributed by atoms with Crippen LogP contribution in [0.2, 0.25) is 0 Å². The second-order valence-electron chi connectivity index (χ2n) is 12.1. The maximum absolute atomic E-state index is 13.7. The Balaban J connectivity index is 1.06. The minimum atomic E-state index is -0.626. The quantitative estimate of drug-likeness (QED) is 0.0555. The van der Waals surface area contributed by atoms with Crippen LogP contribution in [0.25, 0.3) is 28.1 Å². The van der Waals surface area contributed by atoms with Crippen molar-refractivity contribution in [3.8, 4) is 16.9 Å². The fourth-order valence-corrected chi connectivity index (χ4v) is 5.56. The highest BCUT2D eigenvalue weighted by molar-refractivity contribution is 6.00. The van der Waals surface area contributed by atoms with Gasteiger partial charge in [-0.1, -0.05) is 91.0 Å². The first kappa shape index (κ1) is 36.0. The van der Waals surface area contributed by atoms with E-state index >= 15 is 0 Å². The summed E-state index contributed by atoms with van der Waals surface area (Å²) in [7, 11) is 0. The van der Waals surface area contributed by atoms with E-state index in [0.29, 0.717) is 36.8 Å². The molecule has 0 unspecified atom stereocenters. The zero-order valence-electron chi connectivity index (χ0n) is 28.8. The number of rotatable bonds is 14. The standard InChI is InChI=1S/C42H38N6O5/c49-40(47-52)21-14-30-10-12-32(13-11-30)29-48(42(51)46-39-22-23-43-38-9-5-4-8-37(38)39)24-25-53-36-19-16-33(17-20-36)34-15-18-35(44-28-34)26-41(50)45-27-31-6-2-1-3-7-31/h1-23,28,52H,24-27,29H2,(H,45,50)(H,47,49)(H,43,46,51)/b21-14+.